The van der Waals surface area contributed by atoms with Crippen LogP contribution in [-0.4, -0.2) is 0 Å². The lowest BCUT2D eigenvalue weighted by molar-refractivity contribution is 0.661. The molecular weight excluding hydrogens is 1690 g/mol. The van der Waals surface area contributed by atoms with Crippen molar-refractivity contribution in [2.45, 2.75) is 57.8 Å². The van der Waals surface area contributed by atoms with E-state index < -0.39 is 0 Å². The van der Waals surface area contributed by atoms with Crippen molar-refractivity contribution in [3.8, 4) is 100 Å². The van der Waals surface area contributed by atoms with Gasteiger partial charge in [-0.05, 0) is 287 Å². The fraction of sp³-hybridized carbons (Fsp3) is 0.0647. The Balaban J connectivity index is 0.000000103. The molecule has 1 heterocycles. The van der Waals surface area contributed by atoms with Crippen molar-refractivity contribution < 1.29 is 4.42 Å². The number of furan rings is 1. The van der Waals surface area contributed by atoms with Crippen molar-refractivity contribution >= 4 is 162 Å². The zero-order valence-electron chi connectivity index (χ0n) is 78.8. The van der Waals surface area contributed by atoms with E-state index in [1.54, 1.807) is 0 Å². The summed E-state index contributed by atoms with van der Waals surface area (Å²) in [6.07, 6.45) is 0. The second-order valence-corrected chi connectivity index (χ2v) is 40.4. The summed E-state index contributed by atoms with van der Waals surface area (Å²) in [5, 5.41) is 35.7. The molecule has 140 heavy (non-hydrogen) atoms. The third-order valence-corrected chi connectivity index (χ3v) is 32.1. The lowest BCUT2D eigenvalue weighted by Gasteiger charge is -2.23. The van der Waals surface area contributed by atoms with E-state index in [4.69, 9.17) is 4.42 Å². The Labute approximate surface area is 812 Å². The average molecular weight is 1780 g/mol. The highest BCUT2D eigenvalue weighted by Crippen LogP contribution is 2.62. The molecule has 0 radical (unpaired) electrons. The van der Waals surface area contributed by atoms with Crippen molar-refractivity contribution in [1.82, 2.24) is 0 Å². The lowest BCUT2D eigenvalue weighted by Crippen LogP contribution is -2.14. The Morgan fingerprint density at radius 1 is 0.136 bits per heavy atom. The van der Waals surface area contributed by atoms with E-state index in [-0.39, 0.29) is 16.2 Å². The highest BCUT2D eigenvalue weighted by Gasteiger charge is 2.43. The van der Waals surface area contributed by atoms with E-state index in [0.29, 0.717) is 0 Å². The molecule has 3 aliphatic rings. The summed E-state index contributed by atoms with van der Waals surface area (Å²) < 4.78 is 6.61. The Morgan fingerprint density at radius 3 is 0.814 bits per heavy atom. The predicted molar refractivity (Wildman–Crippen MR) is 599 cm³/mol. The van der Waals surface area contributed by atoms with Gasteiger partial charge in [-0.25, -0.2) is 0 Å². The van der Waals surface area contributed by atoms with Gasteiger partial charge in [-0.15, -0.1) is 0 Å². The molecule has 1 aromatic heterocycles. The maximum Gasteiger partial charge on any atom is 0.143 e. The van der Waals surface area contributed by atoms with Gasteiger partial charge >= 0.3 is 0 Å². The van der Waals surface area contributed by atoms with Crippen LogP contribution in [0.15, 0.2) is 465 Å². The highest BCUT2D eigenvalue weighted by molar-refractivity contribution is 6.30. The first-order chi connectivity index (χ1) is 68.8. The van der Waals surface area contributed by atoms with Crippen LogP contribution in [-0.2, 0) is 16.2 Å². The summed E-state index contributed by atoms with van der Waals surface area (Å²) >= 11 is 0. The zero-order valence-corrected chi connectivity index (χ0v) is 78.8. The summed E-state index contributed by atoms with van der Waals surface area (Å²) in [4.78, 5) is 0. The first kappa shape index (κ1) is 81.3. The Hall–Kier alpha value is -17.1. The van der Waals surface area contributed by atoms with Gasteiger partial charge in [0.05, 0.1) is 0 Å². The van der Waals surface area contributed by atoms with Gasteiger partial charge in [0.2, 0.25) is 0 Å². The second kappa shape index (κ2) is 31.0. The number of hydrogen-bond donors (Lipinski definition) is 0. The molecule has 0 atom stereocenters. The van der Waals surface area contributed by atoms with Crippen LogP contribution in [0.5, 0.6) is 0 Å². The number of fused-ring (bicyclic) bond motifs is 29. The van der Waals surface area contributed by atoms with Gasteiger partial charge < -0.3 is 4.42 Å². The van der Waals surface area contributed by atoms with E-state index >= 15 is 0 Å². The van der Waals surface area contributed by atoms with Crippen LogP contribution in [0.3, 0.4) is 0 Å². The first-order valence-corrected chi connectivity index (χ1v) is 49.3. The monoisotopic (exact) mass is 1780 g/mol. The van der Waals surface area contributed by atoms with Gasteiger partial charge in [-0.2, -0.15) is 0 Å². The molecule has 0 amide bonds. The van der Waals surface area contributed by atoms with E-state index in [2.05, 4.69) is 497 Å². The maximum atomic E-state index is 6.61. The van der Waals surface area contributed by atoms with Crippen LogP contribution in [0.2, 0.25) is 0 Å². The molecule has 1 heteroatoms. The summed E-state index contributed by atoms with van der Waals surface area (Å²) in [6, 6.07) is 171. The van der Waals surface area contributed by atoms with Gasteiger partial charge in [-0.3, -0.25) is 0 Å². The van der Waals surface area contributed by atoms with Crippen LogP contribution in [0.25, 0.3) is 262 Å². The molecule has 0 N–H and O–H groups in total. The molecule has 1 nitrogen and oxygen atoms in total. The first-order valence-electron chi connectivity index (χ1n) is 49.3. The molecule has 0 saturated heterocycles. The molecule has 30 rings (SSSR count). The molecule has 0 bridgehead atoms. The topological polar surface area (TPSA) is 13.1 Å². The SMILES string of the molecule is CC1(C)c2cccc(-c3c4ccccc4c(-c4ccc5ccccc5c4)c4ccccc34)c2-c2c1ccc1ccccc21.CC1(C)c2cccc(-c3c4ccccc4c(-c4cccc5c4ccc4cc6ccccc6cc45)c4ccccc34)c2-c2c1ccc1ccccc21.CC1(C)c2cccc(-c3c4ccccc4c(-c4cccc5c4oc4ccccc45)c4ccccc34)c2-c2c1ccc1ccccc21. The van der Waals surface area contributed by atoms with Crippen LogP contribution in [0.4, 0.5) is 0 Å². The van der Waals surface area contributed by atoms with Crippen molar-refractivity contribution in [3.05, 3.63) is 494 Å². The van der Waals surface area contributed by atoms with Crippen molar-refractivity contribution in [1.29, 1.82) is 0 Å². The molecule has 0 fully saturated rings. The number of rotatable bonds is 6. The van der Waals surface area contributed by atoms with Gasteiger partial charge in [0.1, 0.15) is 11.2 Å². The van der Waals surface area contributed by atoms with E-state index in [9.17, 15) is 0 Å². The smallest absolute Gasteiger partial charge is 0.143 e. The van der Waals surface area contributed by atoms with E-state index in [1.807, 2.05) is 6.07 Å². The summed E-state index contributed by atoms with van der Waals surface area (Å²) in [7, 11) is 0. The molecule has 0 spiro atoms. The van der Waals surface area contributed by atoms with Crippen molar-refractivity contribution in [2.75, 3.05) is 0 Å². The Kier molecular flexibility index (Phi) is 18.0. The minimum atomic E-state index is -0.104. The third-order valence-electron chi connectivity index (χ3n) is 32.1. The van der Waals surface area contributed by atoms with Crippen LogP contribution in [0, 0.1) is 0 Å². The fourth-order valence-corrected chi connectivity index (χ4v) is 25.7. The minimum Gasteiger partial charge on any atom is -0.455 e. The second-order valence-electron chi connectivity index (χ2n) is 40.4. The average Bonchev–Trinajstić information content (AvgIpc) is 1.56. The summed E-state index contributed by atoms with van der Waals surface area (Å²) in [5.74, 6) is 0. The Morgan fingerprint density at radius 2 is 0.407 bits per heavy atom. The largest absolute Gasteiger partial charge is 0.455 e. The number of benzene rings is 26. The van der Waals surface area contributed by atoms with E-state index in [0.717, 1.165) is 27.5 Å². The lowest BCUT2D eigenvalue weighted by atomic mass is 9.80. The Bertz CT molecular complexity index is 9890. The van der Waals surface area contributed by atoms with Gasteiger partial charge in [0.15, 0.2) is 0 Å². The molecular formula is C139H94O. The van der Waals surface area contributed by atoms with Gasteiger partial charge in [-0.1, -0.05) is 478 Å². The van der Waals surface area contributed by atoms with Crippen LogP contribution in [0.1, 0.15) is 74.9 Å². The number of hydrogen-bond acceptors (Lipinski definition) is 1. The molecule has 0 aliphatic heterocycles. The molecule has 0 saturated carbocycles. The third kappa shape index (κ3) is 11.9. The standard InChI is InChI=1S/C51H34.C45H30O.C43H30/c1-51(2)45-24-12-23-43(50(45)49-35-16-6-5-13-31(35)26-28-46(49)51)48-41-19-9-7-17-39(41)47(40-18-8-10-20-42(40)48)38-22-11-21-36-37(38)27-25-34-29-32-14-3-4-15-33(32)30-44(34)36;1-45(2)37-23-12-21-35(43(37)42-28-14-4-3-13-27(28)25-26-38(42)45)40-30-16-5-7-18-32(30)41(33-19-8-6-17-31(33)40)36-22-11-20-34-29-15-9-10-24-39(29)46-44(34)36;1-43(2)37-21-11-20-36(42(37)41-31-15-6-5-13-28(31)24-25-38(41)43)40-34-18-9-7-16-32(34)39(33-17-8-10-19-35(33)40)30-23-22-27-12-3-4-14-29(27)26-30/h3-30H,1-2H3;3-26H,1-2H3;3-26H,1-2H3. The van der Waals surface area contributed by atoms with Crippen LogP contribution >= 0.6 is 0 Å². The summed E-state index contributed by atoms with van der Waals surface area (Å²) in [5.41, 5.74) is 33.6. The quantitative estimate of drug-likeness (QED) is 0.119. The fourth-order valence-electron chi connectivity index (χ4n) is 25.7. The maximum absolute atomic E-state index is 6.61. The minimum absolute atomic E-state index is 0.0820. The highest BCUT2D eigenvalue weighted by atomic mass is 16.3. The molecule has 3 aliphatic carbocycles. The normalized spacial score (nSPS) is 13.5. The molecule has 0 unspecified atom stereocenters. The van der Waals surface area contributed by atoms with Gasteiger partial charge in [0, 0.05) is 38.1 Å². The predicted octanol–water partition coefficient (Wildman–Crippen LogP) is 38.9. The molecule has 27 aromatic rings. The molecule has 26 aromatic carbocycles. The van der Waals surface area contributed by atoms with Crippen molar-refractivity contribution in [2.24, 2.45) is 0 Å². The van der Waals surface area contributed by atoms with E-state index in [1.165, 1.54) is 268 Å². The molecule has 656 valence electrons. The summed E-state index contributed by atoms with van der Waals surface area (Å²) in [6.45, 7) is 14.3. The van der Waals surface area contributed by atoms with Crippen LogP contribution < -0.4 is 0 Å². The zero-order chi connectivity index (χ0) is 93.1. The number of para-hydroxylation sites is 2. The van der Waals surface area contributed by atoms with Gasteiger partial charge in [0.25, 0.3) is 0 Å². The van der Waals surface area contributed by atoms with Crippen molar-refractivity contribution in [3.63, 3.8) is 0 Å².